The number of nitrogens with two attached hydrogens (primary N) is 1. The molecule has 1 aromatic rings. The van der Waals surface area contributed by atoms with Crippen molar-refractivity contribution < 1.29 is 9.69 Å². The van der Waals surface area contributed by atoms with Crippen LogP contribution in [0.25, 0.3) is 0 Å². The molecule has 2 heterocycles. The van der Waals surface area contributed by atoms with Gasteiger partial charge in [0.2, 0.25) is 0 Å². The average molecular weight is 441 g/mol. The van der Waals surface area contributed by atoms with Gasteiger partial charge in [-0.2, -0.15) is 4.98 Å². The Kier molecular flexibility index (Phi) is 6.12. The monoisotopic (exact) mass is 440 g/mol. The molecule has 2 aliphatic carbocycles. The molecular formula is C26H42N5O+. The number of anilines is 2. The maximum Gasteiger partial charge on any atom is 0.256 e. The molecule has 1 aromatic heterocycles. The van der Waals surface area contributed by atoms with Crippen molar-refractivity contribution >= 4 is 23.1 Å². The predicted octanol–water partition coefficient (Wildman–Crippen LogP) is 3.77. The number of rotatable bonds is 5. The lowest BCUT2D eigenvalue weighted by molar-refractivity contribution is -0.805. The first-order valence-electron chi connectivity index (χ1n) is 12.4. The van der Waals surface area contributed by atoms with E-state index in [2.05, 4.69) is 62.6 Å². The summed E-state index contributed by atoms with van der Waals surface area (Å²) in [6, 6.07) is 0. The van der Waals surface area contributed by atoms with E-state index in [0.29, 0.717) is 28.9 Å². The van der Waals surface area contributed by atoms with Gasteiger partial charge >= 0.3 is 0 Å². The summed E-state index contributed by atoms with van der Waals surface area (Å²) in [4.78, 5) is 24.7. The van der Waals surface area contributed by atoms with Crippen LogP contribution in [0.5, 0.6) is 0 Å². The van der Waals surface area contributed by atoms with E-state index >= 15 is 0 Å². The van der Waals surface area contributed by atoms with E-state index in [0.717, 1.165) is 44.0 Å². The maximum absolute atomic E-state index is 12.5. The smallest absolute Gasteiger partial charge is 0.256 e. The molecule has 0 saturated heterocycles. The zero-order valence-electron chi connectivity index (χ0n) is 20.9. The van der Waals surface area contributed by atoms with Crippen molar-refractivity contribution in [1.29, 1.82) is 0 Å². The number of nitrogens with one attached hydrogen (secondary N) is 1. The van der Waals surface area contributed by atoms with Crippen LogP contribution in [-0.4, -0.2) is 36.0 Å². The highest BCUT2D eigenvalue weighted by molar-refractivity contribution is 5.82. The van der Waals surface area contributed by atoms with Crippen LogP contribution in [0.1, 0.15) is 73.1 Å². The van der Waals surface area contributed by atoms with Crippen LogP contribution in [-0.2, 0) is 4.79 Å². The van der Waals surface area contributed by atoms with Gasteiger partial charge in [0.25, 0.3) is 5.82 Å². The molecule has 0 aromatic carbocycles. The molecule has 0 radical (unpaired) electrons. The zero-order valence-corrected chi connectivity index (χ0v) is 20.9. The van der Waals surface area contributed by atoms with Crippen molar-refractivity contribution in [1.82, 2.24) is 9.97 Å². The molecular weight excluding hydrogens is 398 g/mol. The topological polar surface area (TPSA) is 76.6 Å². The van der Waals surface area contributed by atoms with E-state index in [4.69, 9.17) is 5.73 Å². The number of aromatic nitrogens is 2. The molecule has 6 nitrogen and oxygen atoms in total. The third kappa shape index (κ3) is 3.74. The second kappa shape index (κ2) is 8.44. The third-order valence-corrected chi connectivity index (χ3v) is 9.70. The maximum atomic E-state index is 12.5. The normalized spacial score (nSPS) is 37.4. The molecule has 0 bridgehead atoms. The zero-order chi connectivity index (χ0) is 23.3. The van der Waals surface area contributed by atoms with Crippen molar-refractivity contribution in [3.8, 4) is 0 Å². The van der Waals surface area contributed by atoms with Gasteiger partial charge in [-0.25, -0.2) is 4.98 Å². The highest BCUT2D eigenvalue weighted by Crippen LogP contribution is 2.62. The van der Waals surface area contributed by atoms with Gasteiger partial charge in [0, 0.05) is 18.9 Å². The Morgan fingerprint density at radius 1 is 1.31 bits per heavy atom. The molecule has 0 spiro atoms. The minimum atomic E-state index is 0.165. The van der Waals surface area contributed by atoms with Crippen LogP contribution in [0, 0.1) is 28.6 Å². The van der Waals surface area contributed by atoms with Gasteiger partial charge in [0.15, 0.2) is 18.2 Å². The van der Waals surface area contributed by atoms with E-state index in [1.54, 1.807) is 6.33 Å². The fraction of sp³-hybridized carbons (Fsp3) is 0.731. The second-order valence-corrected chi connectivity index (χ2v) is 11.4. The quantitative estimate of drug-likeness (QED) is 0.682. The first-order chi connectivity index (χ1) is 15.1. The van der Waals surface area contributed by atoms with Gasteiger partial charge in [-0.1, -0.05) is 39.3 Å². The average Bonchev–Trinajstić information content (AvgIpc) is 3.09. The van der Waals surface area contributed by atoms with Crippen LogP contribution >= 0.6 is 0 Å². The number of ketones is 1. The molecule has 3 aliphatic rings. The summed E-state index contributed by atoms with van der Waals surface area (Å²) >= 11 is 0. The van der Waals surface area contributed by atoms with E-state index in [1.807, 2.05) is 0 Å². The summed E-state index contributed by atoms with van der Waals surface area (Å²) in [7, 11) is 2.13. The molecule has 4 rings (SSSR count). The highest BCUT2D eigenvalue weighted by Gasteiger charge is 2.56. The van der Waals surface area contributed by atoms with Crippen LogP contribution in [0.4, 0.5) is 17.3 Å². The number of Topliss-reactive ketones (excluding diaryl/α,β-unsaturated/α-hetero) is 1. The van der Waals surface area contributed by atoms with Crippen LogP contribution in [0.2, 0.25) is 0 Å². The summed E-state index contributed by atoms with van der Waals surface area (Å²) in [6.45, 7) is 13.5. The standard InChI is InChI=1S/C26H41N5O/c1-17(11-14-31-16-30(6)24-22(31)23(27)28-15-29-24)9-12-25(4)18(2)10-13-26(5)19(3)20(32)7-8-21(25)26/h11,15,18-19,21H,7-10,12-14,16H2,1-6H3,(H2,27,28,29)/p+1/b17-11+/t18-,19-,21-,25+,26+/m1/s1. The number of nitrogen functional groups attached to an aromatic ring is 1. The minimum absolute atomic E-state index is 0.165. The van der Waals surface area contributed by atoms with Gasteiger partial charge in [0.05, 0.1) is 7.05 Å². The van der Waals surface area contributed by atoms with Crippen molar-refractivity contribution in [2.45, 2.75) is 73.1 Å². The summed E-state index contributed by atoms with van der Waals surface area (Å²) in [5.74, 6) is 3.59. The summed E-state index contributed by atoms with van der Waals surface area (Å²) in [6.07, 6.45) is 10.5. The number of nitrogens with zero attached hydrogens (tertiary/aromatic N) is 3. The van der Waals surface area contributed by atoms with Crippen molar-refractivity contribution in [2.24, 2.45) is 28.6 Å². The molecule has 2 fully saturated rings. The Balaban J connectivity index is 1.45. The molecule has 3 N–H and O–H groups in total. The van der Waals surface area contributed by atoms with Crippen LogP contribution < -0.4 is 15.5 Å². The summed E-state index contributed by atoms with van der Waals surface area (Å²) in [5.41, 5.74) is 9.04. The molecule has 6 heteroatoms. The molecule has 1 aliphatic heterocycles. The van der Waals surface area contributed by atoms with E-state index in [9.17, 15) is 4.79 Å². The number of hydrogen-bond donors (Lipinski definition) is 2. The molecule has 176 valence electrons. The Morgan fingerprint density at radius 2 is 2.06 bits per heavy atom. The number of fused-ring (bicyclic) bond motifs is 2. The van der Waals surface area contributed by atoms with Gasteiger partial charge in [-0.15, -0.1) is 0 Å². The van der Waals surface area contributed by atoms with E-state index < -0.39 is 0 Å². The Bertz CT molecular complexity index is 913. The fourth-order valence-electron chi connectivity index (χ4n) is 7.04. The third-order valence-electron chi connectivity index (χ3n) is 9.70. The van der Waals surface area contributed by atoms with Crippen molar-refractivity contribution in [2.75, 3.05) is 30.9 Å². The summed E-state index contributed by atoms with van der Waals surface area (Å²) in [5, 5.41) is 0. The summed E-state index contributed by atoms with van der Waals surface area (Å²) < 4.78 is 0. The number of quaternary nitrogens is 1. The van der Waals surface area contributed by atoms with Gasteiger partial charge in [0.1, 0.15) is 12.1 Å². The minimum Gasteiger partial charge on any atom is -0.382 e. The second-order valence-electron chi connectivity index (χ2n) is 11.4. The molecule has 0 amide bonds. The molecule has 6 atom stereocenters. The van der Waals surface area contributed by atoms with Gasteiger partial charge in [-0.3, -0.25) is 9.69 Å². The number of allylic oxidation sites excluding steroid dienone is 1. The Morgan fingerprint density at radius 3 is 2.81 bits per heavy atom. The molecule has 1 unspecified atom stereocenters. The number of carbonyl (C=O) groups excluding carboxylic acids is 1. The Hall–Kier alpha value is -1.95. The van der Waals surface area contributed by atoms with Crippen molar-refractivity contribution in [3.63, 3.8) is 0 Å². The molecule has 32 heavy (non-hydrogen) atoms. The highest BCUT2D eigenvalue weighted by atomic mass is 16.1. The largest absolute Gasteiger partial charge is 0.382 e. The molecule has 2 saturated carbocycles. The lowest BCUT2D eigenvalue weighted by Crippen LogP contribution is -3.03. The lowest BCUT2D eigenvalue weighted by atomic mass is 9.44. The van der Waals surface area contributed by atoms with E-state index in [1.165, 1.54) is 29.7 Å². The Labute approximate surface area is 193 Å². The SMILES string of the molecule is C/C(=C\CN1C[NH+](C)c2ncnc(N)c21)CC[C@]1(C)[C@H]2CCC(=O)[C@@H](C)[C@]2(C)CC[C@H]1C. The number of carbonyl (C=O) groups is 1. The van der Waals surface area contributed by atoms with E-state index in [-0.39, 0.29) is 11.3 Å². The van der Waals surface area contributed by atoms with Gasteiger partial charge < -0.3 is 10.6 Å². The fourth-order valence-corrected chi connectivity index (χ4v) is 7.04. The first kappa shape index (κ1) is 23.2. The number of hydrogen-bond acceptors (Lipinski definition) is 5. The lowest BCUT2D eigenvalue weighted by Gasteiger charge is -2.59. The van der Waals surface area contributed by atoms with Crippen LogP contribution in [0.3, 0.4) is 0 Å². The van der Waals surface area contributed by atoms with Gasteiger partial charge in [-0.05, 0) is 61.7 Å². The van der Waals surface area contributed by atoms with Crippen molar-refractivity contribution in [3.05, 3.63) is 18.0 Å². The van der Waals surface area contributed by atoms with Crippen LogP contribution in [0.15, 0.2) is 18.0 Å². The first-order valence-corrected chi connectivity index (χ1v) is 12.4. The predicted molar refractivity (Wildman–Crippen MR) is 130 cm³/mol.